The standard InChI is InChI=1S/C20H35N3O3Si/c1-20(2,22-10-12-25-13-11-22)14-17(15-21)19(24)23-9-7-6-8-18(23)16-26-27(3,4)5/h14,18H,6-13,16H2,1-5H3. The molecule has 0 aromatic heterocycles. The highest BCUT2D eigenvalue weighted by atomic mass is 28.4. The zero-order chi connectivity index (χ0) is 20.1. The summed E-state index contributed by atoms with van der Waals surface area (Å²) in [4.78, 5) is 17.3. The molecule has 2 aliphatic heterocycles. The molecule has 1 amide bonds. The fourth-order valence-electron chi connectivity index (χ4n) is 3.67. The zero-order valence-corrected chi connectivity index (χ0v) is 18.6. The van der Waals surface area contributed by atoms with E-state index in [0.717, 1.165) is 32.4 Å². The van der Waals surface area contributed by atoms with Gasteiger partial charge in [-0.05, 0) is 58.8 Å². The van der Waals surface area contributed by atoms with Crippen molar-refractivity contribution in [2.75, 3.05) is 39.5 Å². The van der Waals surface area contributed by atoms with Crippen molar-refractivity contribution < 1.29 is 14.0 Å². The molecule has 2 saturated heterocycles. The lowest BCUT2D eigenvalue weighted by Crippen LogP contribution is -2.50. The van der Waals surface area contributed by atoms with Crippen LogP contribution in [0.4, 0.5) is 0 Å². The lowest BCUT2D eigenvalue weighted by molar-refractivity contribution is -0.131. The van der Waals surface area contributed by atoms with Crippen molar-refractivity contribution in [1.29, 1.82) is 5.26 Å². The van der Waals surface area contributed by atoms with Gasteiger partial charge in [0.05, 0.1) is 25.9 Å². The minimum Gasteiger partial charge on any atom is -0.416 e. The second-order valence-electron chi connectivity index (χ2n) is 8.99. The first-order valence-corrected chi connectivity index (χ1v) is 13.5. The Balaban J connectivity index is 2.14. The Labute approximate surface area is 165 Å². The number of carbonyl (C=O) groups is 1. The van der Waals surface area contributed by atoms with Gasteiger partial charge in [-0.15, -0.1) is 0 Å². The summed E-state index contributed by atoms with van der Waals surface area (Å²) >= 11 is 0. The third kappa shape index (κ3) is 6.42. The van der Waals surface area contributed by atoms with Crippen LogP contribution in [0.5, 0.6) is 0 Å². The number of morpholine rings is 1. The number of likely N-dealkylation sites (tertiary alicyclic amines) is 1. The van der Waals surface area contributed by atoms with Gasteiger partial charge in [-0.1, -0.05) is 0 Å². The first-order valence-electron chi connectivity index (χ1n) is 10.0. The Morgan fingerprint density at radius 1 is 1.26 bits per heavy atom. The Hall–Kier alpha value is -1.20. The molecule has 1 atom stereocenters. The Morgan fingerprint density at radius 3 is 2.52 bits per heavy atom. The maximum atomic E-state index is 13.2. The average molecular weight is 394 g/mol. The minimum absolute atomic E-state index is 0.0706. The molecule has 6 nitrogen and oxygen atoms in total. The zero-order valence-electron chi connectivity index (χ0n) is 17.6. The molecular formula is C20H35N3O3Si. The van der Waals surface area contributed by atoms with E-state index >= 15 is 0 Å². The topological polar surface area (TPSA) is 65.8 Å². The van der Waals surface area contributed by atoms with Crippen molar-refractivity contribution in [3.8, 4) is 6.07 Å². The molecule has 0 aliphatic carbocycles. The van der Waals surface area contributed by atoms with E-state index in [1.54, 1.807) is 0 Å². The van der Waals surface area contributed by atoms with Crippen LogP contribution in [0.15, 0.2) is 11.6 Å². The van der Waals surface area contributed by atoms with Gasteiger partial charge in [-0.2, -0.15) is 5.26 Å². The number of ether oxygens (including phenoxy) is 1. The predicted molar refractivity (Wildman–Crippen MR) is 109 cm³/mol. The number of hydrogen-bond donors (Lipinski definition) is 0. The van der Waals surface area contributed by atoms with Crippen LogP contribution < -0.4 is 0 Å². The second-order valence-corrected chi connectivity index (χ2v) is 13.5. The molecule has 152 valence electrons. The van der Waals surface area contributed by atoms with Gasteiger partial charge in [-0.3, -0.25) is 9.69 Å². The van der Waals surface area contributed by atoms with E-state index in [4.69, 9.17) is 9.16 Å². The molecule has 0 radical (unpaired) electrons. The van der Waals surface area contributed by atoms with Gasteiger partial charge in [0.2, 0.25) is 0 Å². The van der Waals surface area contributed by atoms with Gasteiger partial charge in [0.25, 0.3) is 5.91 Å². The van der Waals surface area contributed by atoms with Crippen LogP contribution in [-0.2, 0) is 14.0 Å². The summed E-state index contributed by atoms with van der Waals surface area (Å²) in [5.41, 5.74) is -0.115. The van der Waals surface area contributed by atoms with Crippen LogP contribution >= 0.6 is 0 Å². The SMILES string of the molecule is CC(C)(C=C(C#N)C(=O)N1CCCCC1CO[Si](C)(C)C)N1CCOCC1. The molecule has 2 rings (SSSR count). The van der Waals surface area contributed by atoms with Crippen molar-refractivity contribution >= 4 is 14.2 Å². The van der Waals surface area contributed by atoms with Gasteiger partial charge >= 0.3 is 0 Å². The summed E-state index contributed by atoms with van der Waals surface area (Å²) in [7, 11) is -1.64. The van der Waals surface area contributed by atoms with Crippen LogP contribution in [0.2, 0.25) is 19.6 Å². The number of carbonyl (C=O) groups excluding carboxylic acids is 1. The van der Waals surface area contributed by atoms with Crippen molar-refractivity contribution in [3.63, 3.8) is 0 Å². The highest BCUT2D eigenvalue weighted by molar-refractivity contribution is 6.69. The molecule has 0 aromatic carbocycles. The number of hydrogen-bond acceptors (Lipinski definition) is 5. The molecule has 2 aliphatic rings. The largest absolute Gasteiger partial charge is 0.416 e. The number of nitrogens with zero attached hydrogens (tertiary/aromatic N) is 3. The Kier molecular flexibility index (Phi) is 7.63. The predicted octanol–water partition coefficient (Wildman–Crippen LogP) is 2.78. The highest BCUT2D eigenvalue weighted by Crippen LogP contribution is 2.24. The minimum atomic E-state index is -1.64. The molecule has 7 heteroatoms. The molecule has 0 aromatic rings. The van der Waals surface area contributed by atoms with Crippen LogP contribution in [0.3, 0.4) is 0 Å². The van der Waals surface area contributed by atoms with Gasteiger partial charge in [0.15, 0.2) is 8.32 Å². The number of rotatable bonds is 6. The van der Waals surface area contributed by atoms with E-state index in [-0.39, 0.29) is 23.1 Å². The first kappa shape index (κ1) is 22.1. The van der Waals surface area contributed by atoms with E-state index in [9.17, 15) is 10.1 Å². The van der Waals surface area contributed by atoms with Crippen molar-refractivity contribution in [2.24, 2.45) is 0 Å². The second kappa shape index (κ2) is 9.33. The van der Waals surface area contributed by atoms with E-state index in [1.807, 2.05) is 11.0 Å². The van der Waals surface area contributed by atoms with Crippen molar-refractivity contribution in [1.82, 2.24) is 9.80 Å². The Morgan fingerprint density at radius 2 is 1.93 bits per heavy atom. The third-order valence-electron chi connectivity index (χ3n) is 5.27. The fraction of sp³-hybridized carbons (Fsp3) is 0.800. The summed E-state index contributed by atoms with van der Waals surface area (Å²) < 4.78 is 11.5. The third-order valence-corrected chi connectivity index (χ3v) is 6.30. The highest BCUT2D eigenvalue weighted by Gasteiger charge is 2.33. The number of amides is 1. The number of piperidine rings is 1. The van der Waals surface area contributed by atoms with Crippen LogP contribution in [0, 0.1) is 11.3 Å². The van der Waals surface area contributed by atoms with Gasteiger partial charge in [-0.25, -0.2) is 0 Å². The fourth-order valence-corrected chi connectivity index (χ4v) is 4.36. The van der Waals surface area contributed by atoms with Crippen molar-refractivity contribution in [3.05, 3.63) is 11.6 Å². The van der Waals surface area contributed by atoms with Crippen LogP contribution in [0.1, 0.15) is 33.1 Å². The molecule has 27 heavy (non-hydrogen) atoms. The van der Waals surface area contributed by atoms with E-state index in [2.05, 4.69) is 44.5 Å². The first-order chi connectivity index (χ1) is 12.6. The summed E-state index contributed by atoms with van der Waals surface area (Å²) in [6, 6.07) is 2.24. The Bertz CT molecular complexity index is 586. The lowest BCUT2D eigenvalue weighted by Gasteiger charge is -2.40. The monoisotopic (exact) mass is 393 g/mol. The molecular weight excluding hydrogens is 358 g/mol. The molecule has 0 spiro atoms. The van der Waals surface area contributed by atoms with E-state index in [1.165, 1.54) is 0 Å². The maximum absolute atomic E-state index is 13.2. The number of nitriles is 1. The summed E-state index contributed by atoms with van der Waals surface area (Å²) in [5.74, 6) is -0.150. The normalized spacial score (nSPS) is 23.2. The summed E-state index contributed by atoms with van der Waals surface area (Å²) in [6.07, 6.45) is 4.88. The van der Waals surface area contributed by atoms with Crippen molar-refractivity contribution in [2.45, 2.75) is 64.3 Å². The smallest absolute Gasteiger partial charge is 0.264 e. The summed E-state index contributed by atoms with van der Waals surface area (Å²) in [5, 5.41) is 9.70. The quantitative estimate of drug-likeness (QED) is 0.394. The lowest BCUT2D eigenvalue weighted by atomic mass is 9.96. The van der Waals surface area contributed by atoms with Crippen LogP contribution in [-0.4, -0.2) is 75.1 Å². The molecule has 0 N–H and O–H groups in total. The van der Waals surface area contributed by atoms with Crippen LogP contribution in [0.25, 0.3) is 0 Å². The van der Waals surface area contributed by atoms with Gasteiger partial charge in [0, 0.05) is 25.2 Å². The molecule has 0 bridgehead atoms. The molecule has 0 saturated carbocycles. The molecule has 2 fully saturated rings. The maximum Gasteiger partial charge on any atom is 0.264 e. The molecule has 2 heterocycles. The summed E-state index contributed by atoms with van der Waals surface area (Å²) in [6.45, 7) is 14.9. The van der Waals surface area contributed by atoms with E-state index in [0.29, 0.717) is 26.4 Å². The molecule has 1 unspecified atom stereocenters. The average Bonchev–Trinajstić information content (AvgIpc) is 2.64. The van der Waals surface area contributed by atoms with Gasteiger partial charge < -0.3 is 14.1 Å². The van der Waals surface area contributed by atoms with Gasteiger partial charge in [0.1, 0.15) is 11.6 Å². The van der Waals surface area contributed by atoms with E-state index < -0.39 is 8.32 Å².